The molecule has 0 fully saturated rings. The largest absolute Gasteiger partial charge is 0.326 e. The Kier molecular flexibility index (Phi) is 5.07. The summed E-state index contributed by atoms with van der Waals surface area (Å²) in [5.74, 6) is -1.37. The molecule has 1 aliphatic rings. The Morgan fingerprint density at radius 2 is 1.41 bits per heavy atom. The van der Waals surface area contributed by atoms with Crippen molar-refractivity contribution in [1.29, 1.82) is 0 Å². The number of benzene rings is 3. The lowest BCUT2D eigenvalue weighted by Crippen LogP contribution is -2.31. The normalized spacial score (nSPS) is 15.0. The Bertz CT molecular complexity index is 1080. The predicted molar refractivity (Wildman–Crippen MR) is 112 cm³/mol. The summed E-state index contributed by atoms with van der Waals surface area (Å²) >= 11 is 0. The van der Waals surface area contributed by atoms with Crippen LogP contribution in [0.1, 0.15) is 28.3 Å². The summed E-state index contributed by atoms with van der Waals surface area (Å²) in [6.07, 6.45) is 0.0708. The summed E-state index contributed by atoms with van der Waals surface area (Å²) in [5.41, 5.74) is 2.91. The van der Waals surface area contributed by atoms with Gasteiger partial charge in [0.2, 0.25) is 11.8 Å². The standard InChI is InChI=1S/C23H19N3O3/c27-21-14-17(16-10-4-5-11-18(16)24-21)23(29)26-20-13-7-6-12-19(20)25-22(28)15-8-2-1-3-9-15/h1-13,17H,14H2,(H,24,27)(H,25,28)(H,26,29). The van der Waals surface area contributed by atoms with Crippen LogP contribution in [0, 0.1) is 0 Å². The average Bonchev–Trinajstić information content (AvgIpc) is 2.75. The summed E-state index contributed by atoms with van der Waals surface area (Å²) in [6, 6.07) is 23.1. The summed E-state index contributed by atoms with van der Waals surface area (Å²) in [6.45, 7) is 0. The van der Waals surface area contributed by atoms with Crippen LogP contribution in [-0.2, 0) is 9.59 Å². The highest BCUT2D eigenvalue weighted by atomic mass is 16.2. The lowest BCUT2D eigenvalue weighted by atomic mass is 9.89. The van der Waals surface area contributed by atoms with E-state index in [1.165, 1.54) is 0 Å². The van der Waals surface area contributed by atoms with Gasteiger partial charge in [0.15, 0.2) is 0 Å². The summed E-state index contributed by atoms with van der Waals surface area (Å²) in [5, 5.41) is 8.48. The zero-order valence-corrected chi connectivity index (χ0v) is 15.5. The third kappa shape index (κ3) is 4.01. The third-order valence-electron chi connectivity index (χ3n) is 4.79. The van der Waals surface area contributed by atoms with Gasteiger partial charge in [0.05, 0.1) is 17.3 Å². The third-order valence-corrected chi connectivity index (χ3v) is 4.79. The van der Waals surface area contributed by atoms with Gasteiger partial charge >= 0.3 is 0 Å². The zero-order chi connectivity index (χ0) is 20.2. The first kappa shape index (κ1) is 18.4. The number of carbonyl (C=O) groups is 3. The highest BCUT2D eigenvalue weighted by Gasteiger charge is 2.30. The number of anilines is 3. The molecule has 6 nitrogen and oxygen atoms in total. The molecule has 3 aromatic carbocycles. The summed E-state index contributed by atoms with van der Waals surface area (Å²) in [7, 11) is 0. The van der Waals surface area contributed by atoms with E-state index in [2.05, 4.69) is 16.0 Å². The van der Waals surface area contributed by atoms with E-state index >= 15 is 0 Å². The number of nitrogens with one attached hydrogen (secondary N) is 3. The molecule has 0 spiro atoms. The maximum absolute atomic E-state index is 13.0. The molecule has 4 rings (SSSR count). The van der Waals surface area contributed by atoms with Crippen molar-refractivity contribution in [2.24, 2.45) is 0 Å². The van der Waals surface area contributed by atoms with E-state index in [-0.39, 0.29) is 24.1 Å². The van der Waals surface area contributed by atoms with Crippen molar-refractivity contribution >= 4 is 34.8 Å². The van der Waals surface area contributed by atoms with Gasteiger partial charge in [-0.3, -0.25) is 14.4 Å². The number of fused-ring (bicyclic) bond motifs is 1. The molecular formula is C23H19N3O3. The molecule has 3 aromatic rings. The Hall–Kier alpha value is -3.93. The topological polar surface area (TPSA) is 87.3 Å². The van der Waals surface area contributed by atoms with Crippen molar-refractivity contribution in [3.63, 3.8) is 0 Å². The van der Waals surface area contributed by atoms with Gasteiger partial charge in [0.25, 0.3) is 5.91 Å². The Morgan fingerprint density at radius 1 is 0.793 bits per heavy atom. The Labute approximate surface area is 167 Å². The molecular weight excluding hydrogens is 366 g/mol. The van der Waals surface area contributed by atoms with Gasteiger partial charge in [-0.05, 0) is 35.9 Å². The van der Waals surface area contributed by atoms with Crippen molar-refractivity contribution in [2.75, 3.05) is 16.0 Å². The Morgan fingerprint density at radius 3 is 2.17 bits per heavy atom. The molecule has 0 aromatic heterocycles. The van der Waals surface area contributed by atoms with Crippen molar-refractivity contribution in [3.05, 3.63) is 90.0 Å². The van der Waals surface area contributed by atoms with Crippen LogP contribution >= 0.6 is 0 Å². The van der Waals surface area contributed by atoms with Gasteiger partial charge < -0.3 is 16.0 Å². The van der Waals surface area contributed by atoms with Crippen LogP contribution in [0.2, 0.25) is 0 Å². The number of amides is 3. The average molecular weight is 385 g/mol. The predicted octanol–water partition coefficient (Wildman–Crippen LogP) is 4.00. The van der Waals surface area contributed by atoms with Crippen LogP contribution in [0.25, 0.3) is 0 Å². The fourth-order valence-corrected chi connectivity index (χ4v) is 3.35. The van der Waals surface area contributed by atoms with Crippen molar-refractivity contribution < 1.29 is 14.4 Å². The van der Waals surface area contributed by atoms with Crippen LogP contribution in [0.4, 0.5) is 17.1 Å². The number of hydrogen-bond acceptors (Lipinski definition) is 3. The quantitative estimate of drug-likeness (QED) is 0.634. The molecule has 0 bridgehead atoms. The summed E-state index contributed by atoms with van der Waals surface area (Å²) in [4.78, 5) is 37.5. The maximum atomic E-state index is 13.0. The van der Waals surface area contributed by atoms with Crippen LogP contribution in [-0.4, -0.2) is 17.7 Å². The van der Waals surface area contributed by atoms with Crippen LogP contribution in [0.3, 0.4) is 0 Å². The van der Waals surface area contributed by atoms with E-state index < -0.39 is 5.92 Å². The maximum Gasteiger partial charge on any atom is 0.255 e. The van der Waals surface area contributed by atoms with E-state index in [0.717, 1.165) is 5.56 Å². The van der Waals surface area contributed by atoms with E-state index in [9.17, 15) is 14.4 Å². The van der Waals surface area contributed by atoms with E-state index in [1.54, 1.807) is 54.6 Å². The zero-order valence-electron chi connectivity index (χ0n) is 15.5. The van der Waals surface area contributed by atoms with Crippen LogP contribution in [0.15, 0.2) is 78.9 Å². The van der Waals surface area contributed by atoms with Gasteiger partial charge in [0, 0.05) is 17.7 Å². The highest BCUT2D eigenvalue weighted by molar-refractivity contribution is 6.09. The van der Waals surface area contributed by atoms with Crippen LogP contribution < -0.4 is 16.0 Å². The lowest BCUT2D eigenvalue weighted by molar-refractivity contribution is -0.123. The smallest absolute Gasteiger partial charge is 0.255 e. The first-order valence-electron chi connectivity index (χ1n) is 9.27. The molecule has 0 aliphatic carbocycles. The molecule has 1 heterocycles. The van der Waals surface area contributed by atoms with Crippen molar-refractivity contribution in [3.8, 4) is 0 Å². The minimum atomic E-state index is -0.599. The molecule has 0 saturated carbocycles. The highest BCUT2D eigenvalue weighted by Crippen LogP contribution is 2.33. The van der Waals surface area contributed by atoms with Gasteiger partial charge in [-0.2, -0.15) is 0 Å². The van der Waals surface area contributed by atoms with Gasteiger partial charge in [-0.15, -0.1) is 0 Å². The minimum Gasteiger partial charge on any atom is -0.326 e. The van der Waals surface area contributed by atoms with Gasteiger partial charge in [-0.1, -0.05) is 48.5 Å². The molecule has 1 atom stereocenters. The molecule has 1 aliphatic heterocycles. The molecule has 3 N–H and O–H groups in total. The van der Waals surface area contributed by atoms with E-state index in [1.807, 2.05) is 24.3 Å². The van der Waals surface area contributed by atoms with Crippen molar-refractivity contribution in [2.45, 2.75) is 12.3 Å². The second kappa shape index (κ2) is 7.98. The van der Waals surface area contributed by atoms with Gasteiger partial charge in [-0.25, -0.2) is 0 Å². The molecule has 6 heteroatoms. The molecule has 1 unspecified atom stereocenters. The van der Waals surface area contributed by atoms with E-state index in [4.69, 9.17) is 0 Å². The van der Waals surface area contributed by atoms with Gasteiger partial charge in [0.1, 0.15) is 0 Å². The number of carbonyl (C=O) groups excluding carboxylic acids is 3. The molecule has 3 amide bonds. The number of para-hydroxylation sites is 3. The molecule has 144 valence electrons. The lowest BCUT2D eigenvalue weighted by Gasteiger charge is -2.25. The molecule has 0 saturated heterocycles. The van der Waals surface area contributed by atoms with Crippen LogP contribution in [0.5, 0.6) is 0 Å². The first-order valence-corrected chi connectivity index (χ1v) is 9.27. The molecule has 0 radical (unpaired) electrons. The number of hydrogen-bond donors (Lipinski definition) is 3. The monoisotopic (exact) mass is 385 g/mol. The van der Waals surface area contributed by atoms with E-state index in [0.29, 0.717) is 22.6 Å². The first-order chi connectivity index (χ1) is 14.1. The minimum absolute atomic E-state index is 0.0708. The molecule has 29 heavy (non-hydrogen) atoms. The summed E-state index contributed by atoms with van der Waals surface area (Å²) < 4.78 is 0. The fraction of sp³-hybridized carbons (Fsp3) is 0.0870. The second-order valence-electron chi connectivity index (χ2n) is 6.75. The van der Waals surface area contributed by atoms with Crippen molar-refractivity contribution in [1.82, 2.24) is 0 Å². The Balaban J connectivity index is 1.55. The second-order valence-corrected chi connectivity index (χ2v) is 6.75. The number of rotatable bonds is 4. The fourth-order valence-electron chi connectivity index (χ4n) is 3.35. The SMILES string of the molecule is O=C1CC(C(=O)Nc2ccccc2NC(=O)c2ccccc2)c2ccccc2N1.